The zero-order chi connectivity index (χ0) is 16.9. The molecule has 0 unspecified atom stereocenters. The maximum absolute atomic E-state index is 12.4. The minimum absolute atomic E-state index is 0.0844. The lowest BCUT2D eigenvalue weighted by molar-refractivity contribution is 0.0695. The van der Waals surface area contributed by atoms with Gasteiger partial charge in [-0.25, -0.2) is 23.5 Å². The zero-order valence-electron chi connectivity index (χ0n) is 10.6. The van der Waals surface area contributed by atoms with Crippen molar-refractivity contribution in [1.82, 2.24) is 9.97 Å². The van der Waals surface area contributed by atoms with Crippen LogP contribution in [0.4, 0.5) is 8.78 Å². The molecule has 10 heteroatoms. The molecule has 116 valence electrons. The first kappa shape index (κ1) is 17.7. The summed E-state index contributed by atoms with van der Waals surface area (Å²) in [6, 6.07) is 1.76. The Balaban J connectivity index is 0.000000220. The molecule has 6 nitrogen and oxygen atoms in total. The predicted molar refractivity (Wildman–Crippen MR) is 73.9 cm³/mol. The van der Waals surface area contributed by atoms with Crippen LogP contribution >= 0.6 is 23.2 Å². The van der Waals surface area contributed by atoms with E-state index in [0.29, 0.717) is 0 Å². The van der Waals surface area contributed by atoms with E-state index in [-0.39, 0.29) is 21.4 Å². The second-order valence-corrected chi connectivity index (χ2v) is 4.37. The second-order valence-electron chi connectivity index (χ2n) is 3.65. The van der Waals surface area contributed by atoms with E-state index in [1.54, 1.807) is 0 Å². The second kappa shape index (κ2) is 7.62. The molecule has 2 aromatic heterocycles. The molecule has 3 N–H and O–H groups in total. The van der Waals surface area contributed by atoms with Crippen LogP contribution in [0.3, 0.4) is 0 Å². The summed E-state index contributed by atoms with van der Waals surface area (Å²) < 4.78 is 24.7. The molecule has 2 aromatic rings. The minimum atomic E-state index is -1.29. The van der Waals surface area contributed by atoms with Crippen LogP contribution < -0.4 is 5.73 Å². The molecule has 0 saturated heterocycles. The molecule has 0 aromatic carbocycles. The molecule has 0 saturated carbocycles. The molecule has 0 atom stereocenters. The van der Waals surface area contributed by atoms with Crippen LogP contribution in [0.2, 0.25) is 10.3 Å². The Morgan fingerprint density at radius 1 is 1.00 bits per heavy atom. The summed E-state index contributed by atoms with van der Waals surface area (Å²) in [6.45, 7) is 0. The highest BCUT2D eigenvalue weighted by Crippen LogP contribution is 2.13. The molecule has 0 aliphatic carbocycles. The van der Waals surface area contributed by atoms with Crippen molar-refractivity contribution in [2.24, 2.45) is 5.73 Å². The van der Waals surface area contributed by atoms with Crippen molar-refractivity contribution in [3.05, 3.63) is 57.6 Å². The molecule has 0 aliphatic rings. The van der Waals surface area contributed by atoms with E-state index in [1.807, 2.05) is 0 Å². The van der Waals surface area contributed by atoms with E-state index < -0.39 is 23.5 Å². The van der Waals surface area contributed by atoms with Crippen LogP contribution in [0.15, 0.2) is 24.5 Å². The van der Waals surface area contributed by atoms with Crippen LogP contribution in [-0.4, -0.2) is 27.0 Å². The maximum Gasteiger partial charge on any atom is 0.338 e. The number of halogens is 4. The smallest absolute Gasteiger partial charge is 0.338 e. The van der Waals surface area contributed by atoms with E-state index in [9.17, 15) is 18.4 Å². The largest absolute Gasteiger partial charge is 0.478 e. The van der Waals surface area contributed by atoms with Crippen molar-refractivity contribution in [2.45, 2.75) is 0 Å². The molecular formula is C12H7Cl2F2N3O3. The van der Waals surface area contributed by atoms with Gasteiger partial charge in [0.05, 0.1) is 23.5 Å². The number of primary amides is 1. The minimum Gasteiger partial charge on any atom is -0.478 e. The van der Waals surface area contributed by atoms with Crippen molar-refractivity contribution in [1.29, 1.82) is 0 Å². The Bertz CT molecular complexity index is 667. The number of carbonyl (C=O) groups excluding carboxylic acids is 1. The van der Waals surface area contributed by atoms with Gasteiger partial charge in [-0.2, -0.15) is 0 Å². The fraction of sp³-hybridized carbons (Fsp3) is 0. The first-order chi connectivity index (χ1) is 10.2. The van der Waals surface area contributed by atoms with Crippen LogP contribution in [0.25, 0.3) is 0 Å². The van der Waals surface area contributed by atoms with Crippen molar-refractivity contribution >= 4 is 35.1 Å². The van der Waals surface area contributed by atoms with Gasteiger partial charge in [0.1, 0.15) is 21.9 Å². The van der Waals surface area contributed by atoms with E-state index in [2.05, 4.69) is 9.97 Å². The van der Waals surface area contributed by atoms with Gasteiger partial charge >= 0.3 is 5.97 Å². The first-order valence-electron chi connectivity index (χ1n) is 5.37. The lowest BCUT2D eigenvalue weighted by Crippen LogP contribution is -2.12. The van der Waals surface area contributed by atoms with Gasteiger partial charge in [-0.3, -0.25) is 4.79 Å². The van der Waals surface area contributed by atoms with Gasteiger partial charge in [0.25, 0.3) is 5.91 Å². The zero-order valence-corrected chi connectivity index (χ0v) is 12.1. The van der Waals surface area contributed by atoms with Crippen molar-refractivity contribution < 1.29 is 23.5 Å². The maximum atomic E-state index is 12.4. The van der Waals surface area contributed by atoms with E-state index >= 15 is 0 Å². The first-order valence-corrected chi connectivity index (χ1v) is 6.13. The molecule has 1 amide bonds. The van der Waals surface area contributed by atoms with Crippen LogP contribution in [0.1, 0.15) is 20.7 Å². The number of rotatable bonds is 2. The van der Waals surface area contributed by atoms with Gasteiger partial charge in [0.15, 0.2) is 0 Å². The number of pyridine rings is 2. The number of carboxylic acids is 1. The summed E-state index contributed by atoms with van der Waals surface area (Å²) >= 11 is 10.7. The quantitative estimate of drug-likeness (QED) is 0.810. The predicted octanol–water partition coefficient (Wildman–Crippen LogP) is 2.55. The summed E-state index contributed by atoms with van der Waals surface area (Å²) in [5, 5.41) is 8.11. The van der Waals surface area contributed by atoms with Gasteiger partial charge < -0.3 is 10.8 Å². The summed E-state index contributed by atoms with van der Waals surface area (Å²) in [5.41, 5.74) is 4.42. The third kappa shape index (κ3) is 4.90. The monoisotopic (exact) mass is 349 g/mol. The lowest BCUT2D eigenvalue weighted by atomic mass is 10.3. The van der Waals surface area contributed by atoms with Crippen LogP contribution in [-0.2, 0) is 0 Å². The topological polar surface area (TPSA) is 106 Å². The fourth-order valence-corrected chi connectivity index (χ4v) is 1.55. The summed E-state index contributed by atoms with van der Waals surface area (Å²) in [4.78, 5) is 27.5. The SMILES string of the molecule is NC(=O)c1cc(F)cnc1Cl.O=C(O)c1cc(F)cnc1Cl. The molecule has 0 radical (unpaired) electrons. The summed E-state index contributed by atoms with van der Waals surface area (Å²) in [7, 11) is 0. The van der Waals surface area contributed by atoms with Gasteiger partial charge in [0, 0.05) is 0 Å². The van der Waals surface area contributed by atoms with Crippen molar-refractivity contribution in [3.8, 4) is 0 Å². The van der Waals surface area contributed by atoms with Crippen molar-refractivity contribution in [3.63, 3.8) is 0 Å². The normalized spacial score (nSPS) is 9.64. The Labute approximate surface area is 132 Å². The number of carbonyl (C=O) groups is 2. The third-order valence-corrected chi connectivity index (χ3v) is 2.71. The summed E-state index contributed by atoms with van der Waals surface area (Å²) in [5.74, 6) is -3.43. The molecular weight excluding hydrogens is 343 g/mol. The standard InChI is InChI=1S/C6H4ClFN2O.C6H3ClFNO2/c7-5-4(6(9)11)1-3(8)2-10-5;7-5-4(6(10)11)1-3(8)2-9-5/h1-2H,(H2,9,11);1-2H,(H,10,11). The van der Waals surface area contributed by atoms with E-state index in [1.165, 1.54) is 0 Å². The highest BCUT2D eigenvalue weighted by molar-refractivity contribution is 6.32. The molecule has 0 fully saturated rings. The number of aromatic carboxylic acids is 1. The average Bonchev–Trinajstić information content (AvgIpc) is 2.44. The number of aromatic nitrogens is 2. The molecule has 22 heavy (non-hydrogen) atoms. The Morgan fingerprint density at radius 3 is 1.73 bits per heavy atom. The number of carboxylic acid groups (broad SMARTS) is 1. The van der Waals surface area contributed by atoms with Gasteiger partial charge in [-0.15, -0.1) is 0 Å². The Kier molecular flexibility index (Phi) is 6.14. The van der Waals surface area contributed by atoms with Crippen LogP contribution in [0.5, 0.6) is 0 Å². The van der Waals surface area contributed by atoms with Crippen molar-refractivity contribution in [2.75, 3.05) is 0 Å². The van der Waals surface area contributed by atoms with E-state index in [0.717, 1.165) is 24.5 Å². The summed E-state index contributed by atoms with van der Waals surface area (Å²) in [6.07, 6.45) is 1.77. The Morgan fingerprint density at radius 2 is 1.41 bits per heavy atom. The lowest BCUT2D eigenvalue weighted by Gasteiger charge is -1.96. The fourth-order valence-electron chi connectivity index (χ4n) is 1.17. The van der Waals surface area contributed by atoms with Crippen LogP contribution in [0, 0.1) is 11.6 Å². The highest BCUT2D eigenvalue weighted by Gasteiger charge is 2.10. The molecule has 0 bridgehead atoms. The number of nitrogens with two attached hydrogens (primary N) is 1. The third-order valence-electron chi connectivity index (χ3n) is 2.11. The van der Waals surface area contributed by atoms with E-state index in [4.69, 9.17) is 34.0 Å². The average molecular weight is 350 g/mol. The van der Waals surface area contributed by atoms with Gasteiger partial charge in [-0.05, 0) is 12.1 Å². The van der Waals surface area contributed by atoms with Gasteiger partial charge in [-0.1, -0.05) is 23.2 Å². The molecule has 0 spiro atoms. The Hall–Kier alpha value is -2.32. The molecule has 2 rings (SSSR count). The number of nitrogens with zero attached hydrogens (tertiary/aromatic N) is 2. The number of amides is 1. The number of hydrogen-bond acceptors (Lipinski definition) is 4. The molecule has 2 heterocycles. The molecule has 0 aliphatic heterocycles. The van der Waals surface area contributed by atoms with Gasteiger partial charge in [0.2, 0.25) is 0 Å². The number of hydrogen-bond donors (Lipinski definition) is 2. The highest BCUT2D eigenvalue weighted by atomic mass is 35.5.